The van der Waals surface area contributed by atoms with Gasteiger partial charge >= 0.3 is 0 Å². The molecule has 2 aliphatic heterocycles. The maximum absolute atomic E-state index is 12.6. The Labute approximate surface area is 153 Å². The van der Waals surface area contributed by atoms with E-state index in [1.54, 1.807) is 11.0 Å². The number of imide groups is 1. The largest absolute Gasteiger partial charge is 0.381 e. The molecule has 0 saturated carbocycles. The van der Waals surface area contributed by atoms with Gasteiger partial charge in [0.15, 0.2) is 0 Å². The van der Waals surface area contributed by atoms with Gasteiger partial charge in [-0.15, -0.1) is 0 Å². The molecule has 0 radical (unpaired) electrons. The first-order chi connectivity index (χ1) is 12.3. The summed E-state index contributed by atoms with van der Waals surface area (Å²) >= 11 is 0. The van der Waals surface area contributed by atoms with Crippen molar-refractivity contribution in [1.29, 1.82) is 0 Å². The SMILES string of the molecule is C=C(CNc1ccc2c(c1)CN(C1CCC(=O)NC1=O)C2=O)CC(C)C. The zero-order valence-corrected chi connectivity index (χ0v) is 15.3. The van der Waals surface area contributed by atoms with E-state index < -0.39 is 6.04 Å². The fourth-order valence-corrected chi connectivity index (χ4v) is 3.56. The van der Waals surface area contributed by atoms with E-state index in [2.05, 4.69) is 31.1 Å². The van der Waals surface area contributed by atoms with Crippen molar-refractivity contribution in [2.24, 2.45) is 5.92 Å². The average Bonchev–Trinajstić information content (AvgIpc) is 2.88. The fraction of sp³-hybridized carbons (Fsp3) is 0.450. The molecular formula is C20H25N3O3. The number of nitrogens with one attached hydrogen (secondary N) is 2. The van der Waals surface area contributed by atoms with Gasteiger partial charge < -0.3 is 10.2 Å². The number of carbonyl (C=O) groups excluding carboxylic acids is 3. The molecule has 2 heterocycles. The maximum Gasteiger partial charge on any atom is 0.255 e. The molecule has 1 atom stereocenters. The minimum Gasteiger partial charge on any atom is -0.381 e. The molecule has 1 saturated heterocycles. The highest BCUT2D eigenvalue weighted by atomic mass is 16.2. The van der Waals surface area contributed by atoms with Gasteiger partial charge in [-0.25, -0.2) is 0 Å². The Balaban J connectivity index is 1.67. The van der Waals surface area contributed by atoms with Gasteiger partial charge in [0.05, 0.1) is 0 Å². The molecule has 2 N–H and O–H groups in total. The molecule has 6 heteroatoms. The lowest BCUT2D eigenvalue weighted by atomic mass is 10.0. The summed E-state index contributed by atoms with van der Waals surface area (Å²) in [6.45, 7) is 9.50. The number of benzene rings is 1. The Morgan fingerprint density at radius 2 is 2.12 bits per heavy atom. The zero-order chi connectivity index (χ0) is 18.8. The predicted molar refractivity (Wildman–Crippen MR) is 99.6 cm³/mol. The topological polar surface area (TPSA) is 78.5 Å². The number of nitrogens with zero attached hydrogens (tertiary/aromatic N) is 1. The van der Waals surface area contributed by atoms with E-state index in [-0.39, 0.29) is 24.1 Å². The van der Waals surface area contributed by atoms with Gasteiger partial charge in [0.1, 0.15) is 6.04 Å². The molecule has 0 spiro atoms. The fourth-order valence-electron chi connectivity index (χ4n) is 3.56. The number of piperidine rings is 1. The van der Waals surface area contributed by atoms with Crippen LogP contribution in [0, 0.1) is 5.92 Å². The third kappa shape index (κ3) is 3.79. The smallest absolute Gasteiger partial charge is 0.255 e. The second kappa shape index (κ2) is 7.32. The van der Waals surface area contributed by atoms with Crippen LogP contribution in [-0.2, 0) is 16.1 Å². The summed E-state index contributed by atoms with van der Waals surface area (Å²) in [5.74, 6) is -0.233. The van der Waals surface area contributed by atoms with E-state index in [4.69, 9.17) is 0 Å². The third-order valence-corrected chi connectivity index (χ3v) is 4.76. The molecule has 0 aliphatic carbocycles. The van der Waals surface area contributed by atoms with Crippen LogP contribution in [0.5, 0.6) is 0 Å². The van der Waals surface area contributed by atoms with E-state index in [1.807, 2.05) is 12.1 Å². The molecule has 3 amide bonds. The van der Waals surface area contributed by atoms with E-state index in [0.29, 0.717) is 31.0 Å². The van der Waals surface area contributed by atoms with Crippen LogP contribution >= 0.6 is 0 Å². The Morgan fingerprint density at radius 1 is 1.35 bits per heavy atom. The highest BCUT2D eigenvalue weighted by Crippen LogP contribution is 2.29. The standard InChI is InChI=1S/C20H25N3O3/c1-12(2)8-13(3)10-21-15-4-5-16-14(9-15)11-23(20(16)26)17-6-7-18(24)22-19(17)25/h4-5,9,12,17,21H,3,6-8,10-11H2,1-2H3,(H,22,24,25). The molecule has 1 aromatic carbocycles. The third-order valence-electron chi connectivity index (χ3n) is 4.76. The Morgan fingerprint density at radius 3 is 2.81 bits per heavy atom. The maximum atomic E-state index is 12.6. The van der Waals surface area contributed by atoms with E-state index in [1.165, 1.54) is 0 Å². The van der Waals surface area contributed by atoms with Crippen LogP contribution in [0.2, 0.25) is 0 Å². The van der Waals surface area contributed by atoms with Crippen molar-refractivity contribution in [1.82, 2.24) is 10.2 Å². The van der Waals surface area contributed by atoms with Gasteiger partial charge in [-0.05, 0) is 42.5 Å². The second-order valence-corrected chi connectivity index (χ2v) is 7.47. The molecule has 26 heavy (non-hydrogen) atoms. The zero-order valence-electron chi connectivity index (χ0n) is 15.3. The summed E-state index contributed by atoms with van der Waals surface area (Å²) in [5, 5.41) is 5.67. The van der Waals surface area contributed by atoms with E-state index in [0.717, 1.165) is 23.2 Å². The van der Waals surface area contributed by atoms with Gasteiger partial charge in [-0.1, -0.05) is 26.0 Å². The second-order valence-electron chi connectivity index (χ2n) is 7.47. The van der Waals surface area contributed by atoms with E-state index >= 15 is 0 Å². The highest BCUT2D eigenvalue weighted by Gasteiger charge is 2.39. The molecule has 138 valence electrons. The molecule has 0 bridgehead atoms. The number of anilines is 1. The number of fused-ring (bicyclic) bond motifs is 1. The summed E-state index contributed by atoms with van der Waals surface area (Å²) in [6.07, 6.45) is 1.62. The lowest BCUT2D eigenvalue weighted by molar-refractivity contribution is -0.136. The monoisotopic (exact) mass is 355 g/mol. The minimum absolute atomic E-state index is 0.148. The number of rotatable bonds is 6. The van der Waals surface area contributed by atoms with Crippen molar-refractivity contribution < 1.29 is 14.4 Å². The van der Waals surface area contributed by atoms with Crippen LogP contribution in [-0.4, -0.2) is 35.2 Å². The Bertz CT molecular complexity index is 770. The number of carbonyl (C=O) groups is 3. The van der Waals surface area contributed by atoms with Crippen LogP contribution < -0.4 is 10.6 Å². The predicted octanol–water partition coefficient (Wildman–Crippen LogP) is 2.46. The Hall–Kier alpha value is -2.63. The number of hydrogen-bond donors (Lipinski definition) is 2. The van der Waals surface area contributed by atoms with Gasteiger partial charge in [0.25, 0.3) is 5.91 Å². The van der Waals surface area contributed by atoms with Crippen LogP contribution in [0.3, 0.4) is 0 Å². The van der Waals surface area contributed by atoms with Crippen molar-refractivity contribution in [2.45, 2.75) is 45.7 Å². The molecule has 1 aromatic rings. The Kier molecular flexibility index (Phi) is 5.11. The molecule has 1 fully saturated rings. The van der Waals surface area contributed by atoms with Crippen molar-refractivity contribution in [3.63, 3.8) is 0 Å². The summed E-state index contributed by atoms with van der Waals surface area (Å²) in [5.41, 5.74) is 3.61. The molecule has 3 rings (SSSR count). The van der Waals surface area contributed by atoms with Gasteiger partial charge in [0, 0.05) is 30.8 Å². The average molecular weight is 355 g/mol. The van der Waals surface area contributed by atoms with Crippen LogP contribution in [0.1, 0.15) is 49.0 Å². The number of amides is 3. The molecular weight excluding hydrogens is 330 g/mol. The first-order valence-corrected chi connectivity index (χ1v) is 9.03. The lowest BCUT2D eigenvalue weighted by Crippen LogP contribution is -2.52. The minimum atomic E-state index is -0.574. The summed E-state index contributed by atoms with van der Waals surface area (Å²) in [4.78, 5) is 37.6. The van der Waals surface area contributed by atoms with E-state index in [9.17, 15) is 14.4 Å². The van der Waals surface area contributed by atoms with Crippen LogP contribution in [0.15, 0.2) is 30.4 Å². The molecule has 6 nitrogen and oxygen atoms in total. The molecule has 0 aromatic heterocycles. The van der Waals surface area contributed by atoms with Crippen molar-refractivity contribution >= 4 is 23.4 Å². The van der Waals surface area contributed by atoms with Crippen molar-refractivity contribution in [3.05, 3.63) is 41.5 Å². The van der Waals surface area contributed by atoms with Crippen LogP contribution in [0.25, 0.3) is 0 Å². The first-order valence-electron chi connectivity index (χ1n) is 9.03. The summed E-state index contributed by atoms with van der Waals surface area (Å²) in [6, 6.07) is 5.07. The summed E-state index contributed by atoms with van der Waals surface area (Å²) in [7, 11) is 0. The van der Waals surface area contributed by atoms with Crippen LogP contribution in [0.4, 0.5) is 5.69 Å². The van der Waals surface area contributed by atoms with Gasteiger partial charge in [0.2, 0.25) is 11.8 Å². The lowest BCUT2D eigenvalue weighted by Gasteiger charge is -2.29. The normalized spacial score (nSPS) is 19.6. The summed E-state index contributed by atoms with van der Waals surface area (Å²) < 4.78 is 0. The quantitative estimate of drug-likeness (QED) is 0.607. The molecule has 1 unspecified atom stereocenters. The first kappa shape index (κ1) is 18.2. The molecule has 2 aliphatic rings. The highest BCUT2D eigenvalue weighted by molar-refractivity contribution is 6.05. The van der Waals surface area contributed by atoms with Gasteiger partial charge in [-0.3, -0.25) is 19.7 Å². The number of hydrogen-bond acceptors (Lipinski definition) is 4. The van der Waals surface area contributed by atoms with Crippen molar-refractivity contribution in [3.8, 4) is 0 Å². The van der Waals surface area contributed by atoms with Gasteiger partial charge in [-0.2, -0.15) is 0 Å². The van der Waals surface area contributed by atoms with Crippen molar-refractivity contribution in [2.75, 3.05) is 11.9 Å².